The molecule has 2 aromatic carbocycles. The van der Waals surface area contributed by atoms with Crippen molar-refractivity contribution in [3.63, 3.8) is 0 Å². The van der Waals surface area contributed by atoms with Gasteiger partial charge < -0.3 is 4.90 Å². The molecule has 0 amide bonds. The molecule has 0 aliphatic carbocycles. The van der Waals surface area contributed by atoms with Crippen molar-refractivity contribution < 1.29 is 0 Å². The van der Waals surface area contributed by atoms with Crippen molar-refractivity contribution >= 4 is 32.5 Å². The zero-order valence-electron chi connectivity index (χ0n) is 15.8. The molecule has 5 rings (SSSR count). The molecule has 140 valence electrons. The summed E-state index contributed by atoms with van der Waals surface area (Å²) < 4.78 is 1.16. The monoisotopic (exact) mass is 432 g/mol. The van der Waals surface area contributed by atoms with Crippen LogP contribution in [0.3, 0.4) is 0 Å². The van der Waals surface area contributed by atoms with Crippen molar-refractivity contribution in [3.8, 4) is 6.07 Å². The average Bonchev–Trinajstić information content (AvgIpc) is 2.71. The molecule has 2 unspecified atom stereocenters. The van der Waals surface area contributed by atoms with E-state index in [0.717, 1.165) is 41.4 Å². The van der Waals surface area contributed by atoms with E-state index in [1.165, 1.54) is 16.8 Å². The Morgan fingerprint density at radius 2 is 2.04 bits per heavy atom. The average molecular weight is 433 g/mol. The summed E-state index contributed by atoms with van der Waals surface area (Å²) in [6.45, 7) is 5.32. The zero-order valence-corrected chi connectivity index (χ0v) is 17.4. The molecule has 3 aromatic rings. The van der Waals surface area contributed by atoms with Gasteiger partial charge in [0.2, 0.25) is 0 Å². The first-order chi connectivity index (χ1) is 13.6. The van der Waals surface area contributed by atoms with E-state index < -0.39 is 0 Å². The molecule has 28 heavy (non-hydrogen) atoms. The van der Waals surface area contributed by atoms with Crippen molar-refractivity contribution in [2.75, 3.05) is 18.0 Å². The molecule has 1 aromatic heterocycles. The molecule has 2 aliphatic rings. The number of aromatic nitrogens is 1. The zero-order chi connectivity index (χ0) is 19.3. The maximum absolute atomic E-state index is 9.43. The Hall–Kier alpha value is -2.42. The molecule has 1 fully saturated rings. The molecule has 0 radical (unpaired) electrons. The van der Waals surface area contributed by atoms with E-state index in [2.05, 4.69) is 74.0 Å². The normalized spacial score (nSPS) is 21.8. The van der Waals surface area contributed by atoms with Crippen LogP contribution in [0.5, 0.6) is 0 Å². The molecule has 4 nitrogen and oxygen atoms in total. The van der Waals surface area contributed by atoms with Crippen molar-refractivity contribution in [3.05, 3.63) is 69.8 Å². The van der Waals surface area contributed by atoms with E-state index in [1.807, 2.05) is 12.1 Å². The Morgan fingerprint density at radius 3 is 2.89 bits per heavy atom. The molecular weight excluding hydrogens is 412 g/mol. The highest BCUT2D eigenvalue weighted by atomic mass is 79.9. The third-order valence-corrected chi connectivity index (χ3v) is 6.63. The Balaban J connectivity index is 1.51. The quantitative estimate of drug-likeness (QED) is 0.567. The van der Waals surface area contributed by atoms with Gasteiger partial charge in [0.15, 0.2) is 0 Å². The molecule has 0 spiro atoms. The third kappa shape index (κ3) is 2.88. The number of pyridine rings is 1. The summed E-state index contributed by atoms with van der Waals surface area (Å²) in [4.78, 5) is 9.62. The van der Waals surface area contributed by atoms with Crippen LogP contribution >= 0.6 is 15.9 Å². The number of hydrogen-bond donors (Lipinski definition) is 0. The number of halogens is 1. The predicted octanol–water partition coefficient (Wildman–Crippen LogP) is 4.50. The Labute approximate surface area is 173 Å². The van der Waals surface area contributed by atoms with E-state index >= 15 is 0 Å². The van der Waals surface area contributed by atoms with Crippen LogP contribution in [0.4, 0.5) is 5.69 Å². The fourth-order valence-electron chi connectivity index (χ4n) is 4.80. The van der Waals surface area contributed by atoms with Gasteiger partial charge in [0.25, 0.3) is 0 Å². The van der Waals surface area contributed by atoms with Crippen molar-refractivity contribution in [1.82, 2.24) is 9.88 Å². The SMILES string of the molecule is CC1CN(c2ccc(C#N)c3ncccc23)CC2Cc3ccc(Br)cc3CN12. The van der Waals surface area contributed by atoms with E-state index in [1.54, 1.807) is 6.20 Å². The van der Waals surface area contributed by atoms with Gasteiger partial charge in [-0.1, -0.05) is 22.0 Å². The van der Waals surface area contributed by atoms with Gasteiger partial charge in [0.1, 0.15) is 6.07 Å². The van der Waals surface area contributed by atoms with Gasteiger partial charge in [-0.05, 0) is 60.9 Å². The first-order valence-corrected chi connectivity index (χ1v) is 10.5. The lowest BCUT2D eigenvalue weighted by Crippen LogP contribution is -2.59. The molecular formula is C23H21BrN4. The van der Waals surface area contributed by atoms with Crippen LogP contribution in [-0.4, -0.2) is 35.1 Å². The highest BCUT2D eigenvalue weighted by molar-refractivity contribution is 9.10. The highest BCUT2D eigenvalue weighted by Gasteiger charge is 2.36. The van der Waals surface area contributed by atoms with E-state index in [9.17, 15) is 5.26 Å². The van der Waals surface area contributed by atoms with Crippen LogP contribution in [0.2, 0.25) is 0 Å². The van der Waals surface area contributed by atoms with Gasteiger partial charge in [0.05, 0.1) is 11.1 Å². The Bertz CT molecular complexity index is 1100. The highest BCUT2D eigenvalue weighted by Crippen LogP contribution is 2.35. The van der Waals surface area contributed by atoms with Crippen LogP contribution in [0.25, 0.3) is 10.9 Å². The van der Waals surface area contributed by atoms with Gasteiger partial charge in [0, 0.05) is 53.5 Å². The summed E-state index contributed by atoms with van der Waals surface area (Å²) in [6, 6.07) is 18.0. The van der Waals surface area contributed by atoms with Crippen LogP contribution in [0.15, 0.2) is 53.1 Å². The molecule has 5 heteroatoms. The largest absolute Gasteiger partial charge is 0.368 e. The molecule has 3 heterocycles. The lowest BCUT2D eigenvalue weighted by atomic mass is 9.90. The molecule has 0 bridgehead atoms. The van der Waals surface area contributed by atoms with Gasteiger partial charge in [-0.25, -0.2) is 0 Å². The summed E-state index contributed by atoms with van der Waals surface area (Å²) >= 11 is 3.61. The minimum atomic E-state index is 0.466. The van der Waals surface area contributed by atoms with Crippen molar-refractivity contribution in [1.29, 1.82) is 5.26 Å². The number of rotatable bonds is 1. The number of anilines is 1. The van der Waals surface area contributed by atoms with Gasteiger partial charge in [-0.3, -0.25) is 9.88 Å². The van der Waals surface area contributed by atoms with Crippen molar-refractivity contribution in [2.24, 2.45) is 0 Å². The standard InChI is InChI=1S/C23H21BrN4/c1-15-12-27(22-7-5-17(11-25)23-21(22)3-2-8-26-23)14-20-10-16-4-6-19(24)9-18(16)13-28(15)20/h2-9,15,20H,10,12-14H2,1H3. The second kappa shape index (κ2) is 6.88. The smallest absolute Gasteiger partial charge is 0.101 e. The minimum absolute atomic E-state index is 0.466. The van der Waals surface area contributed by atoms with Gasteiger partial charge in [-0.2, -0.15) is 5.26 Å². The summed E-state index contributed by atoms with van der Waals surface area (Å²) in [6.07, 6.45) is 2.85. The molecule has 0 N–H and O–H groups in total. The van der Waals surface area contributed by atoms with Gasteiger partial charge in [-0.15, -0.1) is 0 Å². The molecule has 2 aliphatic heterocycles. The molecule has 2 atom stereocenters. The Morgan fingerprint density at radius 1 is 1.14 bits per heavy atom. The third-order valence-electron chi connectivity index (χ3n) is 6.14. The number of nitriles is 1. The first kappa shape index (κ1) is 17.7. The number of hydrogen-bond acceptors (Lipinski definition) is 4. The number of fused-ring (bicyclic) bond motifs is 3. The van der Waals surface area contributed by atoms with Crippen LogP contribution in [-0.2, 0) is 13.0 Å². The predicted molar refractivity (Wildman–Crippen MR) is 115 cm³/mol. The molecule has 0 saturated carbocycles. The lowest BCUT2D eigenvalue weighted by molar-refractivity contribution is 0.101. The fraction of sp³-hybridized carbons (Fsp3) is 0.304. The maximum atomic E-state index is 9.43. The van der Waals surface area contributed by atoms with E-state index in [4.69, 9.17) is 0 Å². The van der Waals surface area contributed by atoms with E-state index in [0.29, 0.717) is 17.6 Å². The van der Waals surface area contributed by atoms with Crippen LogP contribution < -0.4 is 4.90 Å². The van der Waals surface area contributed by atoms with Crippen LogP contribution in [0, 0.1) is 11.3 Å². The second-order valence-corrected chi connectivity index (χ2v) is 8.76. The van der Waals surface area contributed by atoms with Gasteiger partial charge >= 0.3 is 0 Å². The summed E-state index contributed by atoms with van der Waals surface area (Å²) in [5.74, 6) is 0. The first-order valence-electron chi connectivity index (χ1n) is 9.70. The lowest BCUT2D eigenvalue weighted by Gasteiger charge is -2.49. The number of piperazine rings is 1. The maximum Gasteiger partial charge on any atom is 0.101 e. The van der Waals surface area contributed by atoms with Crippen LogP contribution in [0.1, 0.15) is 23.6 Å². The number of nitrogens with zero attached hydrogens (tertiary/aromatic N) is 4. The minimum Gasteiger partial charge on any atom is -0.368 e. The summed E-state index contributed by atoms with van der Waals surface area (Å²) in [7, 11) is 0. The molecule has 1 saturated heterocycles. The summed E-state index contributed by atoms with van der Waals surface area (Å²) in [5, 5.41) is 10.5. The van der Waals surface area contributed by atoms with Crippen molar-refractivity contribution in [2.45, 2.75) is 32.0 Å². The summed E-state index contributed by atoms with van der Waals surface area (Å²) in [5.41, 5.74) is 5.54. The second-order valence-electron chi connectivity index (χ2n) is 7.84. The topological polar surface area (TPSA) is 43.2 Å². The number of benzene rings is 2. The van der Waals surface area contributed by atoms with E-state index in [-0.39, 0.29) is 0 Å². The Kier molecular flexibility index (Phi) is 4.34. The fourth-order valence-corrected chi connectivity index (χ4v) is 5.20.